The van der Waals surface area contributed by atoms with Crippen LogP contribution in [-0.2, 0) is 4.74 Å². The van der Waals surface area contributed by atoms with E-state index in [-0.39, 0.29) is 18.3 Å². The van der Waals surface area contributed by atoms with E-state index in [0.717, 1.165) is 38.3 Å². The van der Waals surface area contributed by atoms with Crippen LogP contribution in [0.4, 0.5) is 10.1 Å². The number of likely N-dealkylation sites (N-methyl/N-ethyl adjacent to an activating group) is 1. The number of hydrogen-bond acceptors (Lipinski definition) is 6. The molecule has 1 saturated heterocycles. The summed E-state index contributed by atoms with van der Waals surface area (Å²) in [7, 11) is 5.31. The number of aliphatic hydroxyl groups excluding tert-OH is 1. The lowest BCUT2D eigenvalue weighted by molar-refractivity contribution is -0.0218. The van der Waals surface area contributed by atoms with Crippen LogP contribution < -0.4 is 9.64 Å². The first-order chi connectivity index (χ1) is 14.0. The van der Waals surface area contributed by atoms with Crippen LogP contribution in [0.5, 0.6) is 5.75 Å². The minimum atomic E-state index is -0.870. The summed E-state index contributed by atoms with van der Waals surface area (Å²) < 4.78 is 25.5. The second kappa shape index (κ2) is 10.2. The van der Waals surface area contributed by atoms with Gasteiger partial charge in [0.15, 0.2) is 6.35 Å². The third-order valence-corrected chi connectivity index (χ3v) is 5.62. The van der Waals surface area contributed by atoms with Gasteiger partial charge in [0.2, 0.25) is 0 Å². The van der Waals surface area contributed by atoms with Gasteiger partial charge in [0.1, 0.15) is 11.6 Å². The Labute approximate surface area is 172 Å². The number of hydrogen-bond donors (Lipinski definition) is 1. The van der Waals surface area contributed by atoms with Crippen LogP contribution in [0.15, 0.2) is 47.8 Å². The summed E-state index contributed by atoms with van der Waals surface area (Å²) in [5.41, 5.74) is 1.32. The van der Waals surface area contributed by atoms with E-state index >= 15 is 0 Å². The average Bonchev–Trinajstić information content (AvgIpc) is 2.73. The van der Waals surface area contributed by atoms with Crippen molar-refractivity contribution in [3.63, 3.8) is 0 Å². The summed E-state index contributed by atoms with van der Waals surface area (Å²) in [6.07, 6.45) is 3.39. The van der Waals surface area contributed by atoms with E-state index in [4.69, 9.17) is 9.47 Å². The van der Waals surface area contributed by atoms with E-state index in [1.165, 1.54) is 0 Å². The van der Waals surface area contributed by atoms with E-state index in [0.29, 0.717) is 17.9 Å². The minimum absolute atomic E-state index is 0.0472. The average molecular weight is 406 g/mol. The molecular formula is C22H32FN3O3. The fourth-order valence-electron chi connectivity index (χ4n) is 3.84. The molecule has 3 rings (SSSR count). The quantitative estimate of drug-likeness (QED) is 0.671. The molecule has 0 spiro atoms. The zero-order valence-electron chi connectivity index (χ0n) is 17.6. The Bertz CT molecular complexity index is 732. The molecule has 2 unspecified atom stereocenters. The summed E-state index contributed by atoms with van der Waals surface area (Å²) in [5, 5.41) is 11.2. The summed E-state index contributed by atoms with van der Waals surface area (Å²) in [6, 6.07) is 7.54. The molecule has 1 aliphatic heterocycles. The number of aliphatic hydroxyl groups is 1. The van der Waals surface area contributed by atoms with Gasteiger partial charge in [-0.15, -0.1) is 0 Å². The van der Waals surface area contributed by atoms with Gasteiger partial charge in [0, 0.05) is 51.3 Å². The molecule has 6 nitrogen and oxygen atoms in total. The first-order valence-corrected chi connectivity index (χ1v) is 10.1. The molecule has 29 heavy (non-hydrogen) atoms. The zero-order chi connectivity index (χ0) is 20.8. The number of anilines is 1. The summed E-state index contributed by atoms with van der Waals surface area (Å²) in [5.74, 6) is 0.452. The molecule has 1 aromatic carbocycles. The molecule has 1 heterocycles. The highest BCUT2D eigenvalue weighted by molar-refractivity contribution is 5.60. The summed E-state index contributed by atoms with van der Waals surface area (Å²) in [6.45, 7) is 4.01. The molecule has 0 amide bonds. The zero-order valence-corrected chi connectivity index (χ0v) is 17.6. The SMILES string of the molecule is COCC1C=C(F)C(CN(c2ccccc2OC)C(O)N2CCN(C)CC2)=CC1. The number of nitrogens with zero attached hydrogens (tertiary/aromatic N) is 3. The monoisotopic (exact) mass is 405 g/mol. The largest absolute Gasteiger partial charge is 0.495 e. The number of allylic oxidation sites excluding steroid dienone is 1. The van der Waals surface area contributed by atoms with Crippen molar-refractivity contribution in [2.24, 2.45) is 5.92 Å². The fraction of sp³-hybridized carbons (Fsp3) is 0.545. The van der Waals surface area contributed by atoms with Crippen molar-refractivity contribution in [3.05, 3.63) is 47.8 Å². The highest BCUT2D eigenvalue weighted by atomic mass is 19.1. The first kappa shape index (κ1) is 21.8. The van der Waals surface area contributed by atoms with E-state index in [1.54, 1.807) is 20.3 Å². The Morgan fingerprint density at radius 1 is 1.21 bits per heavy atom. The van der Waals surface area contributed by atoms with E-state index in [1.807, 2.05) is 40.1 Å². The Morgan fingerprint density at radius 3 is 2.59 bits per heavy atom. The van der Waals surface area contributed by atoms with Gasteiger partial charge in [-0.2, -0.15) is 0 Å². The van der Waals surface area contributed by atoms with Gasteiger partial charge >= 0.3 is 0 Å². The number of benzene rings is 1. The van der Waals surface area contributed by atoms with Crippen LogP contribution in [0.25, 0.3) is 0 Å². The number of methoxy groups -OCH3 is 2. The number of rotatable bonds is 8. The third-order valence-electron chi connectivity index (χ3n) is 5.62. The van der Waals surface area contributed by atoms with E-state index in [9.17, 15) is 9.50 Å². The van der Waals surface area contributed by atoms with Crippen molar-refractivity contribution in [2.75, 3.05) is 65.5 Å². The van der Waals surface area contributed by atoms with Crippen LogP contribution in [0.1, 0.15) is 6.42 Å². The van der Waals surface area contributed by atoms with E-state index in [2.05, 4.69) is 11.9 Å². The number of para-hydroxylation sites is 2. The van der Waals surface area contributed by atoms with Crippen LogP contribution in [0.2, 0.25) is 0 Å². The van der Waals surface area contributed by atoms with Gasteiger partial charge < -0.3 is 24.4 Å². The number of piperazine rings is 1. The molecule has 1 aliphatic carbocycles. The third kappa shape index (κ3) is 5.36. The van der Waals surface area contributed by atoms with Crippen molar-refractivity contribution >= 4 is 5.69 Å². The Morgan fingerprint density at radius 2 is 1.93 bits per heavy atom. The van der Waals surface area contributed by atoms with Crippen LogP contribution >= 0.6 is 0 Å². The Kier molecular flexibility index (Phi) is 7.66. The Hall–Kier alpha value is -1.93. The van der Waals surface area contributed by atoms with Crippen molar-refractivity contribution in [2.45, 2.75) is 12.8 Å². The van der Waals surface area contributed by atoms with Crippen LogP contribution in [0, 0.1) is 5.92 Å². The van der Waals surface area contributed by atoms with Crippen molar-refractivity contribution in [1.82, 2.24) is 9.80 Å². The van der Waals surface area contributed by atoms with Gasteiger partial charge in [-0.1, -0.05) is 18.2 Å². The maximum atomic E-state index is 14.8. The maximum Gasteiger partial charge on any atom is 0.187 e. The molecule has 0 saturated carbocycles. The standard InChI is InChI=1S/C22H32FN3O3/c1-24-10-12-25(13-11-24)22(27)26(20-6-4-5-7-21(20)29-3)15-18-9-8-17(16-28-2)14-19(18)23/h4-7,9,14,17,22,27H,8,10-13,15-16H2,1-3H3. The van der Waals surface area contributed by atoms with Crippen LogP contribution in [0.3, 0.4) is 0 Å². The molecule has 1 aromatic rings. The molecule has 1 N–H and O–H groups in total. The summed E-state index contributed by atoms with van der Waals surface area (Å²) in [4.78, 5) is 6.07. The van der Waals surface area contributed by atoms with E-state index < -0.39 is 6.35 Å². The molecule has 0 radical (unpaired) electrons. The topological polar surface area (TPSA) is 48.4 Å². The van der Waals surface area contributed by atoms with Gasteiger partial charge in [-0.05, 0) is 31.7 Å². The molecule has 160 valence electrons. The van der Waals surface area contributed by atoms with Crippen molar-refractivity contribution in [1.29, 1.82) is 0 Å². The van der Waals surface area contributed by atoms with Crippen molar-refractivity contribution in [3.8, 4) is 5.75 Å². The molecule has 0 bridgehead atoms. The predicted octanol–water partition coefficient (Wildman–Crippen LogP) is 2.47. The van der Waals surface area contributed by atoms with Gasteiger partial charge in [-0.3, -0.25) is 4.90 Å². The molecular weight excluding hydrogens is 373 g/mol. The highest BCUT2D eigenvalue weighted by Crippen LogP contribution is 2.33. The maximum absolute atomic E-state index is 14.8. The Balaban J connectivity index is 1.84. The number of halogens is 1. The molecule has 2 atom stereocenters. The lowest BCUT2D eigenvalue weighted by Crippen LogP contribution is -2.56. The lowest BCUT2D eigenvalue weighted by atomic mass is 9.96. The second-order valence-electron chi connectivity index (χ2n) is 7.68. The minimum Gasteiger partial charge on any atom is -0.495 e. The summed E-state index contributed by atoms with van der Waals surface area (Å²) >= 11 is 0. The molecule has 2 aliphatic rings. The van der Waals surface area contributed by atoms with Gasteiger partial charge in [0.05, 0.1) is 19.4 Å². The fourth-order valence-corrected chi connectivity index (χ4v) is 3.84. The first-order valence-electron chi connectivity index (χ1n) is 10.1. The molecule has 7 heteroatoms. The number of ether oxygens (including phenoxy) is 2. The van der Waals surface area contributed by atoms with Gasteiger partial charge in [-0.25, -0.2) is 4.39 Å². The predicted molar refractivity (Wildman–Crippen MR) is 113 cm³/mol. The van der Waals surface area contributed by atoms with Gasteiger partial charge in [0.25, 0.3) is 0 Å². The normalized spacial score (nSPS) is 22.0. The van der Waals surface area contributed by atoms with Crippen molar-refractivity contribution < 1.29 is 19.0 Å². The lowest BCUT2D eigenvalue weighted by Gasteiger charge is -2.41. The molecule has 1 fully saturated rings. The highest BCUT2D eigenvalue weighted by Gasteiger charge is 2.29. The smallest absolute Gasteiger partial charge is 0.187 e. The molecule has 0 aromatic heterocycles. The van der Waals surface area contributed by atoms with Crippen LogP contribution in [-0.4, -0.2) is 81.9 Å². The second-order valence-corrected chi connectivity index (χ2v) is 7.68.